The van der Waals surface area contributed by atoms with Crippen LogP contribution in [-0.2, 0) is 0 Å². The number of carbonyl (C=O) groups excluding carboxylic acids is 1. The van der Waals surface area contributed by atoms with E-state index >= 15 is 0 Å². The van der Waals surface area contributed by atoms with Crippen molar-refractivity contribution in [1.82, 2.24) is 15.1 Å². The zero-order valence-corrected chi connectivity index (χ0v) is 15.5. The Morgan fingerprint density at radius 2 is 1.92 bits per heavy atom. The van der Waals surface area contributed by atoms with Crippen LogP contribution in [0, 0.1) is 5.82 Å². The number of benzene rings is 1. The largest absolute Gasteiger partial charge is 0.491 e. The second-order valence-corrected chi connectivity index (χ2v) is 6.91. The smallest absolute Gasteiger partial charge is 0.319 e. The molecule has 0 aromatic heterocycles. The number of piperazine rings is 1. The predicted octanol–water partition coefficient (Wildman–Crippen LogP) is 2.37. The van der Waals surface area contributed by atoms with E-state index < -0.39 is 11.8 Å². The molecule has 2 N–H and O–H groups in total. The third-order valence-corrected chi connectivity index (χ3v) is 4.07. The number of halogens is 1. The number of rotatable bonds is 6. The van der Waals surface area contributed by atoms with Gasteiger partial charge in [0, 0.05) is 44.8 Å². The Labute approximate surface area is 149 Å². The van der Waals surface area contributed by atoms with Crippen molar-refractivity contribution in [2.75, 3.05) is 45.1 Å². The SMILES string of the molecule is CC(C)Oc1ccc(NC(=O)N[C@@H](C)CN2CCN(C)CC2)c(F)c1. The lowest BCUT2D eigenvalue weighted by molar-refractivity contribution is 0.145. The maximum Gasteiger partial charge on any atom is 0.319 e. The molecule has 7 heteroatoms. The lowest BCUT2D eigenvalue weighted by Gasteiger charge is -2.34. The van der Waals surface area contributed by atoms with Crippen molar-refractivity contribution in [1.29, 1.82) is 0 Å². The molecule has 2 amide bonds. The molecular formula is C18H29FN4O2. The molecule has 1 aliphatic heterocycles. The summed E-state index contributed by atoms with van der Waals surface area (Å²) in [6.45, 7) is 10.5. The molecule has 0 bridgehead atoms. The summed E-state index contributed by atoms with van der Waals surface area (Å²) in [6, 6.07) is 4.01. The fraction of sp³-hybridized carbons (Fsp3) is 0.611. The van der Waals surface area contributed by atoms with Crippen LogP contribution < -0.4 is 15.4 Å². The van der Waals surface area contributed by atoms with Crippen molar-refractivity contribution in [2.45, 2.75) is 32.9 Å². The Morgan fingerprint density at radius 1 is 1.24 bits per heavy atom. The van der Waals surface area contributed by atoms with Gasteiger partial charge in [-0.3, -0.25) is 4.90 Å². The number of hydrogen-bond acceptors (Lipinski definition) is 4. The average Bonchev–Trinajstić information content (AvgIpc) is 2.51. The average molecular weight is 352 g/mol. The number of urea groups is 1. The summed E-state index contributed by atoms with van der Waals surface area (Å²) in [6.07, 6.45) is -0.0306. The second-order valence-electron chi connectivity index (χ2n) is 6.91. The van der Waals surface area contributed by atoms with Gasteiger partial charge in [-0.25, -0.2) is 9.18 Å². The number of nitrogens with one attached hydrogen (secondary N) is 2. The summed E-state index contributed by atoms with van der Waals surface area (Å²) in [5, 5.41) is 5.42. The molecule has 1 fully saturated rings. The molecule has 1 aliphatic rings. The monoisotopic (exact) mass is 352 g/mol. The van der Waals surface area contributed by atoms with Gasteiger partial charge in [-0.2, -0.15) is 0 Å². The molecule has 1 aromatic rings. The van der Waals surface area contributed by atoms with Crippen molar-refractivity contribution in [3.05, 3.63) is 24.0 Å². The highest BCUT2D eigenvalue weighted by Crippen LogP contribution is 2.21. The lowest BCUT2D eigenvalue weighted by atomic mass is 10.2. The summed E-state index contributed by atoms with van der Waals surface area (Å²) in [5.74, 6) is -0.0677. The molecular weight excluding hydrogens is 323 g/mol. The Morgan fingerprint density at radius 3 is 2.52 bits per heavy atom. The molecule has 0 unspecified atom stereocenters. The minimum atomic E-state index is -0.514. The molecule has 25 heavy (non-hydrogen) atoms. The topological polar surface area (TPSA) is 56.8 Å². The summed E-state index contributed by atoms with van der Waals surface area (Å²) >= 11 is 0. The van der Waals surface area contributed by atoms with Gasteiger partial charge in [-0.05, 0) is 40.0 Å². The lowest BCUT2D eigenvalue weighted by Crippen LogP contribution is -2.50. The predicted molar refractivity (Wildman–Crippen MR) is 97.7 cm³/mol. The van der Waals surface area contributed by atoms with E-state index in [1.54, 1.807) is 6.07 Å². The maximum atomic E-state index is 14.1. The van der Waals surface area contributed by atoms with E-state index in [4.69, 9.17) is 4.74 Å². The van der Waals surface area contributed by atoms with Gasteiger partial charge in [-0.1, -0.05) is 0 Å². The molecule has 0 radical (unpaired) electrons. The number of anilines is 1. The summed E-state index contributed by atoms with van der Waals surface area (Å²) in [7, 11) is 2.11. The number of hydrogen-bond donors (Lipinski definition) is 2. The normalized spacial score (nSPS) is 17.4. The van der Waals surface area contributed by atoms with Gasteiger partial charge in [0.2, 0.25) is 0 Å². The van der Waals surface area contributed by atoms with Crippen LogP contribution in [0.2, 0.25) is 0 Å². The molecule has 140 valence electrons. The zero-order valence-electron chi connectivity index (χ0n) is 15.5. The first-order valence-corrected chi connectivity index (χ1v) is 8.78. The highest BCUT2D eigenvalue weighted by atomic mass is 19.1. The summed E-state index contributed by atoms with van der Waals surface area (Å²) in [5.41, 5.74) is 0.139. The summed E-state index contributed by atoms with van der Waals surface area (Å²) in [4.78, 5) is 16.7. The molecule has 0 aliphatic carbocycles. The van der Waals surface area contributed by atoms with Crippen molar-refractivity contribution >= 4 is 11.7 Å². The van der Waals surface area contributed by atoms with Crippen LogP contribution in [0.3, 0.4) is 0 Å². The van der Waals surface area contributed by atoms with Crippen LogP contribution in [0.5, 0.6) is 5.75 Å². The van der Waals surface area contributed by atoms with Crippen LogP contribution in [-0.4, -0.2) is 67.7 Å². The van der Waals surface area contributed by atoms with Gasteiger partial charge in [0.15, 0.2) is 0 Å². The summed E-state index contributed by atoms with van der Waals surface area (Å²) < 4.78 is 19.5. The first-order valence-electron chi connectivity index (χ1n) is 8.78. The van der Waals surface area contributed by atoms with Gasteiger partial charge >= 0.3 is 6.03 Å². The fourth-order valence-corrected chi connectivity index (χ4v) is 2.79. The zero-order chi connectivity index (χ0) is 18.4. The van der Waals surface area contributed by atoms with Crippen molar-refractivity contribution in [3.63, 3.8) is 0 Å². The van der Waals surface area contributed by atoms with E-state index in [9.17, 15) is 9.18 Å². The molecule has 1 heterocycles. The van der Waals surface area contributed by atoms with Crippen LogP contribution in [0.25, 0.3) is 0 Å². The van der Waals surface area contributed by atoms with E-state index in [2.05, 4.69) is 27.5 Å². The first-order chi connectivity index (χ1) is 11.8. The van der Waals surface area contributed by atoms with Crippen LogP contribution in [0.15, 0.2) is 18.2 Å². The molecule has 1 saturated heterocycles. The maximum absolute atomic E-state index is 14.1. The van der Waals surface area contributed by atoms with E-state index in [0.29, 0.717) is 5.75 Å². The van der Waals surface area contributed by atoms with E-state index in [1.165, 1.54) is 12.1 Å². The highest BCUT2D eigenvalue weighted by Gasteiger charge is 2.17. The highest BCUT2D eigenvalue weighted by molar-refractivity contribution is 5.89. The van der Waals surface area contributed by atoms with Crippen molar-refractivity contribution in [2.24, 2.45) is 0 Å². The van der Waals surface area contributed by atoms with Crippen molar-refractivity contribution < 1.29 is 13.9 Å². The van der Waals surface area contributed by atoms with Gasteiger partial charge in [-0.15, -0.1) is 0 Å². The quantitative estimate of drug-likeness (QED) is 0.825. The third kappa shape index (κ3) is 6.51. The van der Waals surface area contributed by atoms with E-state index in [0.717, 1.165) is 32.7 Å². The van der Waals surface area contributed by atoms with Crippen LogP contribution in [0.4, 0.5) is 14.9 Å². The Kier molecular flexibility index (Phi) is 7.01. The molecule has 0 saturated carbocycles. The fourth-order valence-electron chi connectivity index (χ4n) is 2.79. The first kappa shape index (κ1) is 19.5. The minimum absolute atomic E-state index is 0.0185. The molecule has 0 spiro atoms. The van der Waals surface area contributed by atoms with E-state index in [1.807, 2.05) is 20.8 Å². The Bertz CT molecular complexity index is 574. The second kappa shape index (κ2) is 9.01. The minimum Gasteiger partial charge on any atom is -0.491 e. The van der Waals surface area contributed by atoms with Gasteiger partial charge in [0.05, 0.1) is 11.8 Å². The van der Waals surface area contributed by atoms with Gasteiger partial charge in [0.25, 0.3) is 0 Å². The van der Waals surface area contributed by atoms with Crippen molar-refractivity contribution in [3.8, 4) is 5.75 Å². The Balaban J connectivity index is 1.81. The number of amides is 2. The molecule has 1 atom stereocenters. The van der Waals surface area contributed by atoms with Crippen LogP contribution >= 0.6 is 0 Å². The van der Waals surface area contributed by atoms with Crippen LogP contribution in [0.1, 0.15) is 20.8 Å². The van der Waals surface area contributed by atoms with E-state index in [-0.39, 0.29) is 17.8 Å². The number of nitrogens with zero attached hydrogens (tertiary/aromatic N) is 2. The molecule has 6 nitrogen and oxygen atoms in total. The number of ether oxygens (including phenoxy) is 1. The molecule has 2 rings (SSSR count). The standard InChI is InChI=1S/C18H29FN4O2/c1-13(2)25-15-5-6-17(16(19)11-15)21-18(24)20-14(3)12-23-9-7-22(4)8-10-23/h5-6,11,13-14H,7-10,12H2,1-4H3,(H2,20,21,24)/t14-/m0/s1. The van der Waals surface area contributed by atoms with Gasteiger partial charge in [0.1, 0.15) is 11.6 Å². The number of carbonyl (C=O) groups is 1. The molecule has 1 aromatic carbocycles. The third-order valence-electron chi connectivity index (χ3n) is 4.07. The Hall–Kier alpha value is -1.86. The van der Waals surface area contributed by atoms with Gasteiger partial charge < -0.3 is 20.3 Å². The number of likely N-dealkylation sites (N-methyl/N-ethyl adjacent to an activating group) is 1.